The van der Waals surface area contributed by atoms with Gasteiger partial charge in [-0.15, -0.1) is 5.10 Å². The summed E-state index contributed by atoms with van der Waals surface area (Å²) in [6, 6.07) is 85.6. The lowest BCUT2D eigenvalue weighted by Crippen LogP contribution is -2.64. The molecule has 3 aliphatic rings. The molecule has 3 aromatic heterocycles. The van der Waals surface area contributed by atoms with E-state index in [1.807, 2.05) is 10.9 Å². The van der Waals surface area contributed by atoms with Gasteiger partial charge in [0.15, 0.2) is 5.65 Å². The Labute approximate surface area is 556 Å². The van der Waals surface area contributed by atoms with Crippen LogP contribution in [-0.2, 0) is 27.8 Å². The molecule has 3 fully saturated rings. The topological polar surface area (TPSA) is 115 Å². The van der Waals surface area contributed by atoms with Gasteiger partial charge in [-0.05, 0) is 117 Å². The summed E-state index contributed by atoms with van der Waals surface area (Å²) in [5.41, 5.74) is 11.0. The number of hydrogen-bond acceptors (Lipinski definition) is 9. The smallest absolute Gasteiger partial charge is 0.258 e. The molecule has 0 radical (unpaired) electrons. The van der Waals surface area contributed by atoms with Crippen molar-refractivity contribution in [3.63, 3.8) is 0 Å². The first kappa shape index (κ1) is 63.7. The van der Waals surface area contributed by atoms with E-state index in [1.54, 1.807) is 7.11 Å². The number of anilines is 1. The van der Waals surface area contributed by atoms with Gasteiger partial charge >= 0.3 is 0 Å². The molecule has 3 heterocycles. The fraction of sp³-hybridized carbons (Fsp3) is 0.293. The van der Waals surface area contributed by atoms with Gasteiger partial charge < -0.3 is 19.6 Å². The monoisotopic (exact) mass is 1260 g/mol. The maximum atomic E-state index is 12.5. The van der Waals surface area contributed by atoms with Crippen LogP contribution < -0.4 is 9.74 Å². The van der Waals surface area contributed by atoms with E-state index < -0.39 is 25.5 Å². The predicted octanol–water partition coefficient (Wildman–Crippen LogP) is 17.3. The van der Waals surface area contributed by atoms with E-state index >= 15 is 0 Å². The van der Waals surface area contributed by atoms with E-state index in [2.05, 4.69) is 311 Å². The highest BCUT2D eigenvalue weighted by atomic mass is 28.4. The van der Waals surface area contributed by atoms with E-state index in [1.165, 1.54) is 5.56 Å². The van der Waals surface area contributed by atoms with Gasteiger partial charge in [-0.2, -0.15) is 5.10 Å². The SMILES string of the molecule is COCCN(CC=C(c1cnn(Cc2cccc(O[Si](C(C)C)(C(C)C)C(C)C)c2)c1)c1cc(NC(c2ccccc2)(c2ccccc2)c2ccccc2)nc2c1nnn2C(c1ccccc1)(c1ccccc1)c1ccccc1)C12CCC(c3ccccc3)(CC1)C(O)C2. The first-order valence-electron chi connectivity index (χ1n) is 33.7. The van der Waals surface area contributed by atoms with E-state index in [4.69, 9.17) is 29.6 Å². The van der Waals surface area contributed by atoms with Crippen molar-refractivity contribution in [1.29, 1.82) is 0 Å². The molecule has 2 N–H and O–H groups in total. The molecule has 3 saturated carbocycles. The molecule has 1 atom stereocenters. The van der Waals surface area contributed by atoms with Crippen LogP contribution in [0, 0.1) is 0 Å². The number of hydrogen-bond donors (Lipinski definition) is 2. The second kappa shape index (κ2) is 27.1. The Kier molecular flexibility index (Phi) is 18.4. The van der Waals surface area contributed by atoms with Crippen LogP contribution in [0.15, 0.2) is 261 Å². The number of nitrogens with one attached hydrogen (secondary N) is 1. The van der Waals surface area contributed by atoms with Gasteiger partial charge in [0.25, 0.3) is 8.32 Å². The second-order valence-electron chi connectivity index (χ2n) is 27.0. The lowest BCUT2D eigenvalue weighted by molar-refractivity contribution is -0.0998. The largest absolute Gasteiger partial charge is 0.543 e. The average Bonchev–Trinajstić information content (AvgIpc) is 1.24. The number of pyridine rings is 1. The summed E-state index contributed by atoms with van der Waals surface area (Å²) in [5.74, 6) is 1.53. The third kappa shape index (κ3) is 11.6. The fourth-order valence-electron chi connectivity index (χ4n) is 16.6. The number of aromatic nitrogens is 6. The summed E-state index contributed by atoms with van der Waals surface area (Å²) in [7, 11) is -0.463. The Bertz CT molecular complexity index is 4090. The van der Waals surface area contributed by atoms with Crippen molar-refractivity contribution in [1.82, 2.24) is 34.7 Å². The number of fused-ring (bicyclic) bond motifs is 4. The highest BCUT2D eigenvalue weighted by molar-refractivity contribution is 6.78. The molecule has 14 rings (SSSR count). The molecule has 2 bridgehead atoms. The van der Waals surface area contributed by atoms with Crippen LogP contribution in [-0.4, -0.2) is 86.5 Å². The van der Waals surface area contributed by atoms with Crippen molar-refractivity contribution in [3.8, 4) is 5.75 Å². The van der Waals surface area contributed by atoms with Gasteiger partial charge in [0.1, 0.15) is 28.2 Å². The third-order valence-electron chi connectivity index (χ3n) is 21.1. The van der Waals surface area contributed by atoms with Gasteiger partial charge in [-0.3, -0.25) is 9.58 Å². The molecule has 0 amide bonds. The quantitative estimate of drug-likeness (QED) is 0.0426. The number of methoxy groups -OCH3 is 1. The summed E-state index contributed by atoms with van der Waals surface area (Å²) < 4.78 is 17.4. The van der Waals surface area contributed by atoms with Crippen molar-refractivity contribution in [2.45, 2.75) is 125 Å². The predicted molar refractivity (Wildman–Crippen MR) is 383 cm³/mol. The number of aliphatic hydroxyl groups is 1. The molecule has 0 saturated heterocycles. The Morgan fingerprint density at radius 2 is 1.14 bits per heavy atom. The van der Waals surface area contributed by atoms with E-state index in [9.17, 15) is 5.11 Å². The average molecular weight is 1260 g/mol. The molecule has 11 nitrogen and oxygen atoms in total. The zero-order chi connectivity index (χ0) is 64.9. The third-order valence-corrected chi connectivity index (χ3v) is 27.1. The highest BCUT2D eigenvalue weighted by Crippen LogP contribution is 2.56. The molecule has 3 aliphatic carbocycles. The molecule has 94 heavy (non-hydrogen) atoms. The molecule has 12 heteroatoms. The Balaban J connectivity index is 1.05. The maximum absolute atomic E-state index is 12.5. The number of nitrogens with zero attached hydrogens (tertiary/aromatic N) is 7. The minimum Gasteiger partial charge on any atom is -0.543 e. The number of rotatable bonds is 25. The molecule has 0 spiro atoms. The second-order valence-corrected chi connectivity index (χ2v) is 32.4. The molecule has 0 aliphatic heterocycles. The fourth-order valence-corrected chi connectivity index (χ4v) is 21.8. The van der Waals surface area contributed by atoms with E-state index in [-0.39, 0.29) is 11.0 Å². The summed E-state index contributed by atoms with van der Waals surface area (Å²) in [6.45, 7) is 16.3. The van der Waals surface area contributed by atoms with Crippen molar-refractivity contribution in [2.24, 2.45) is 0 Å². The van der Waals surface area contributed by atoms with Crippen molar-refractivity contribution in [3.05, 3.63) is 317 Å². The standard InChI is InChI=1S/C82H88N8O3Si/c1-60(2)94(61(3)4,62(5)6)93-72-45-29-30-63(54-72)58-89-59-64(57-83-89)73(46-51-88(52-53-92-7)79-47-49-80(50-48-79,75(91)56-79)65-31-15-8-16-32-65)74-55-76(85-81(66-33-17-9-18-34-66,67-35-19-10-20-36-67)68-37-21-11-22-38-68)84-78-77(74)86-87-90(78)82(69-39-23-12-24-40-69,70-41-25-13-26-42-70)71-43-27-14-28-44-71/h8-46,54-55,57,59-62,75,91H,47-53,56,58H2,1-7H3,(H,84,85). The van der Waals surface area contributed by atoms with Crippen LogP contribution in [0.4, 0.5) is 5.82 Å². The summed E-state index contributed by atoms with van der Waals surface area (Å²) in [6.07, 6.45) is 10.4. The molecular weight excluding hydrogens is 1170 g/mol. The molecular formula is C82H88N8O3Si. The minimum atomic E-state index is -2.25. The lowest BCUT2D eigenvalue weighted by atomic mass is 9.53. The summed E-state index contributed by atoms with van der Waals surface area (Å²) >= 11 is 0. The van der Waals surface area contributed by atoms with E-state index in [0.717, 1.165) is 87.1 Å². The van der Waals surface area contributed by atoms with Gasteiger partial charge in [-0.25, -0.2) is 9.67 Å². The molecule has 1 unspecified atom stereocenters. The molecule has 8 aromatic carbocycles. The first-order chi connectivity index (χ1) is 45.8. The lowest BCUT2D eigenvalue weighted by Gasteiger charge is -2.60. The summed E-state index contributed by atoms with van der Waals surface area (Å²) in [5, 5.41) is 32.8. The van der Waals surface area contributed by atoms with Crippen LogP contribution in [0.3, 0.4) is 0 Å². The zero-order valence-corrected chi connectivity index (χ0v) is 56.4. The molecule has 11 aromatic rings. The van der Waals surface area contributed by atoms with Crippen molar-refractivity contribution < 1.29 is 14.3 Å². The van der Waals surface area contributed by atoms with Crippen LogP contribution in [0.25, 0.3) is 16.7 Å². The van der Waals surface area contributed by atoms with Crippen LogP contribution >= 0.6 is 0 Å². The zero-order valence-electron chi connectivity index (χ0n) is 55.4. The Hall–Kier alpha value is -9.04. The van der Waals surface area contributed by atoms with Gasteiger partial charge in [-0.1, -0.05) is 277 Å². The van der Waals surface area contributed by atoms with Gasteiger partial charge in [0, 0.05) is 48.5 Å². The number of ether oxygens (including phenoxy) is 1. The van der Waals surface area contributed by atoms with Crippen LogP contribution in [0.1, 0.15) is 129 Å². The van der Waals surface area contributed by atoms with Gasteiger partial charge in [0.2, 0.25) is 0 Å². The number of aliphatic hydroxyl groups excluding tert-OH is 1. The van der Waals surface area contributed by atoms with E-state index in [0.29, 0.717) is 66.3 Å². The highest BCUT2D eigenvalue weighted by Gasteiger charge is 2.57. The number of benzene rings is 8. The normalized spacial score (nSPS) is 17.8. The maximum Gasteiger partial charge on any atom is 0.258 e. The van der Waals surface area contributed by atoms with Crippen LogP contribution in [0.2, 0.25) is 16.6 Å². The minimum absolute atomic E-state index is 0.277. The first-order valence-corrected chi connectivity index (χ1v) is 35.9. The van der Waals surface area contributed by atoms with Crippen molar-refractivity contribution >= 4 is 30.9 Å². The van der Waals surface area contributed by atoms with Crippen molar-refractivity contribution in [2.75, 3.05) is 32.1 Å². The Morgan fingerprint density at radius 3 is 1.63 bits per heavy atom. The summed E-state index contributed by atoms with van der Waals surface area (Å²) in [4.78, 5) is 8.50. The Morgan fingerprint density at radius 1 is 0.638 bits per heavy atom. The molecule has 478 valence electrons. The van der Waals surface area contributed by atoms with Crippen LogP contribution in [0.5, 0.6) is 5.75 Å². The van der Waals surface area contributed by atoms with Gasteiger partial charge in [0.05, 0.1) is 25.5 Å².